The summed E-state index contributed by atoms with van der Waals surface area (Å²) in [5.74, 6) is -0.0502. The molecule has 0 spiro atoms. The van der Waals surface area contributed by atoms with Gasteiger partial charge in [0.2, 0.25) is 5.91 Å². The summed E-state index contributed by atoms with van der Waals surface area (Å²) in [4.78, 5) is 27.8. The van der Waals surface area contributed by atoms with Gasteiger partial charge in [0.15, 0.2) is 0 Å². The summed E-state index contributed by atoms with van der Waals surface area (Å²) in [5.41, 5.74) is -0.487. The van der Waals surface area contributed by atoms with Crippen LogP contribution in [0.4, 0.5) is 4.79 Å². The summed E-state index contributed by atoms with van der Waals surface area (Å²) in [6.45, 7) is 10.3. The van der Waals surface area contributed by atoms with Crippen molar-refractivity contribution in [3.05, 3.63) is 12.7 Å². The number of rotatable bonds is 1. The number of piperidine rings is 1. The Morgan fingerprint density at radius 2 is 1.75 bits per heavy atom. The van der Waals surface area contributed by atoms with Crippen LogP contribution in [0.1, 0.15) is 40.0 Å². The third-order valence-electron chi connectivity index (χ3n) is 3.81. The molecule has 0 N–H and O–H groups in total. The van der Waals surface area contributed by atoms with Crippen molar-refractivity contribution in [1.82, 2.24) is 9.80 Å². The van der Waals surface area contributed by atoms with Crippen molar-refractivity contribution in [2.24, 2.45) is 0 Å². The van der Waals surface area contributed by atoms with Gasteiger partial charge in [0, 0.05) is 13.1 Å². The van der Waals surface area contributed by atoms with Gasteiger partial charge in [-0.05, 0) is 46.1 Å². The summed E-state index contributed by atoms with van der Waals surface area (Å²) in [7, 11) is 0. The molecule has 5 nitrogen and oxygen atoms in total. The fourth-order valence-electron chi connectivity index (χ4n) is 3.03. The largest absolute Gasteiger partial charge is 0.444 e. The van der Waals surface area contributed by atoms with Crippen LogP contribution in [-0.4, -0.2) is 52.6 Å². The molecule has 2 bridgehead atoms. The Bertz CT molecular complexity index is 400. The van der Waals surface area contributed by atoms with Gasteiger partial charge < -0.3 is 9.64 Å². The number of amides is 2. The number of hydrogen-bond donors (Lipinski definition) is 0. The van der Waals surface area contributed by atoms with Crippen LogP contribution in [0.5, 0.6) is 0 Å². The molecule has 0 radical (unpaired) electrons. The quantitative estimate of drug-likeness (QED) is 0.692. The Morgan fingerprint density at radius 1 is 1.20 bits per heavy atom. The summed E-state index contributed by atoms with van der Waals surface area (Å²) in [6.07, 6.45) is 4.05. The molecular formula is C15H24N2O3. The molecule has 0 saturated carbocycles. The van der Waals surface area contributed by atoms with Crippen LogP contribution in [0.3, 0.4) is 0 Å². The minimum absolute atomic E-state index is 0.0502. The van der Waals surface area contributed by atoms with Gasteiger partial charge in [-0.1, -0.05) is 6.58 Å². The van der Waals surface area contributed by atoms with Gasteiger partial charge in [-0.25, -0.2) is 4.79 Å². The summed E-state index contributed by atoms with van der Waals surface area (Å²) in [6, 6.07) is 0.141. The second-order valence-corrected chi connectivity index (χ2v) is 6.57. The van der Waals surface area contributed by atoms with Gasteiger partial charge in [-0.3, -0.25) is 9.69 Å². The van der Waals surface area contributed by atoms with E-state index in [1.54, 1.807) is 4.90 Å². The number of carbonyl (C=O) groups excluding carboxylic acids is 2. The number of ether oxygens (including phenoxy) is 1. The number of fused-ring (bicyclic) bond motifs is 2. The van der Waals surface area contributed by atoms with Gasteiger partial charge in [0.05, 0.1) is 12.1 Å². The SMILES string of the molecule is C=CC(=O)N1CC2CCCC(C1)N2C(=O)OC(C)(C)C. The number of piperazine rings is 1. The Labute approximate surface area is 120 Å². The third kappa shape index (κ3) is 3.14. The second-order valence-electron chi connectivity index (χ2n) is 6.57. The van der Waals surface area contributed by atoms with Crippen molar-refractivity contribution >= 4 is 12.0 Å². The Hall–Kier alpha value is -1.52. The van der Waals surface area contributed by atoms with Crippen molar-refractivity contribution < 1.29 is 14.3 Å². The van der Waals surface area contributed by atoms with E-state index in [2.05, 4.69) is 6.58 Å². The molecule has 5 heteroatoms. The number of carbonyl (C=O) groups is 2. The molecule has 0 aromatic rings. The van der Waals surface area contributed by atoms with E-state index in [-0.39, 0.29) is 24.1 Å². The highest BCUT2D eigenvalue weighted by Gasteiger charge is 2.42. The van der Waals surface area contributed by atoms with Crippen LogP contribution in [0.25, 0.3) is 0 Å². The number of likely N-dealkylation sites (tertiary alicyclic amines) is 1. The first-order chi connectivity index (χ1) is 9.31. The highest BCUT2D eigenvalue weighted by molar-refractivity contribution is 5.87. The van der Waals surface area contributed by atoms with Gasteiger partial charge in [-0.15, -0.1) is 0 Å². The zero-order valence-corrected chi connectivity index (χ0v) is 12.6. The summed E-state index contributed by atoms with van der Waals surface area (Å²) < 4.78 is 5.50. The minimum atomic E-state index is -0.487. The Kier molecular flexibility index (Phi) is 4.06. The average Bonchev–Trinajstić information content (AvgIpc) is 2.34. The van der Waals surface area contributed by atoms with E-state index in [0.29, 0.717) is 13.1 Å². The van der Waals surface area contributed by atoms with Crippen molar-refractivity contribution in [2.75, 3.05) is 13.1 Å². The predicted octanol–water partition coefficient (Wildman–Crippen LogP) is 2.17. The first-order valence-corrected chi connectivity index (χ1v) is 7.24. The van der Waals surface area contributed by atoms with E-state index in [1.165, 1.54) is 6.08 Å². The molecule has 0 aromatic carbocycles. The molecule has 0 aromatic heterocycles. The average molecular weight is 280 g/mol. The van der Waals surface area contributed by atoms with E-state index in [9.17, 15) is 9.59 Å². The maximum Gasteiger partial charge on any atom is 0.410 e. The van der Waals surface area contributed by atoms with Crippen LogP contribution >= 0.6 is 0 Å². The van der Waals surface area contributed by atoms with E-state index >= 15 is 0 Å². The van der Waals surface area contributed by atoms with Crippen molar-refractivity contribution in [1.29, 1.82) is 0 Å². The molecule has 0 aliphatic carbocycles. The lowest BCUT2D eigenvalue weighted by atomic mass is 9.91. The lowest BCUT2D eigenvalue weighted by Gasteiger charge is -2.49. The molecule has 2 saturated heterocycles. The van der Waals surface area contributed by atoms with Crippen LogP contribution in [0.15, 0.2) is 12.7 Å². The Balaban J connectivity index is 2.10. The molecule has 2 amide bonds. The highest BCUT2D eigenvalue weighted by atomic mass is 16.6. The second kappa shape index (κ2) is 5.46. The normalized spacial score (nSPS) is 26.1. The van der Waals surface area contributed by atoms with Gasteiger partial charge in [-0.2, -0.15) is 0 Å². The molecule has 112 valence electrons. The van der Waals surface area contributed by atoms with Crippen LogP contribution in [0, 0.1) is 0 Å². The van der Waals surface area contributed by atoms with Crippen molar-refractivity contribution in [2.45, 2.75) is 57.7 Å². The Morgan fingerprint density at radius 3 is 2.20 bits per heavy atom. The molecule has 2 rings (SSSR count). The van der Waals surface area contributed by atoms with Gasteiger partial charge >= 0.3 is 6.09 Å². The standard InChI is InChI=1S/C15H24N2O3/c1-5-13(18)16-9-11-7-6-8-12(10-16)17(11)14(19)20-15(2,3)4/h5,11-12H,1,6-10H2,2-4H3. The molecule has 2 aliphatic heterocycles. The third-order valence-corrected chi connectivity index (χ3v) is 3.81. The van der Waals surface area contributed by atoms with Gasteiger partial charge in [0.25, 0.3) is 0 Å². The smallest absolute Gasteiger partial charge is 0.410 e. The topological polar surface area (TPSA) is 49.9 Å². The lowest BCUT2D eigenvalue weighted by Crippen LogP contribution is -2.63. The van der Waals surface area contributed by atoms with E-state index in [1.807, 2.05) is 25.7 Å². The fourth-order valence-corrected chi connectivity index (χ4v) is 3.03. The van der Waals surface area contributed by atoms with Crippen LogP contribution < -0.4 is 0 Å². The predicted molar refractivity (Wildman–Crippen MR) is 76.3 cm³/mol. The molecule has 2 fully saturated rings. The molecule has 20 heavy (non-hydrogen) atoms. The lowest BCUT2D eigenvalue weighted by molar-refractivity contribution is -0.132. The molecule has 2 unspecified atom stereocenters. The van der Waals surface area contributed by atoms with Gasteiger partial charge in [0.1, 0.15) is 5.60 Å². The molecule has 2 heterocycles. The number of nitrogens with zero attached hydrogens (tertiary/aromatic N) is 2. The molecule has 2 atom stereocenters. The van der Waals surface area contributed by atoms with E-state index in [0.717, 1.165) is 19.3 Å². The molecular weight excluding hydrogens is 256 g/mol. The van der Waals surface area contributed by atoms with E-state index in [4.69, 9.17) is 4.74 Å². The van der Waals surface area contributed by atoms with Crippen LogP contribution in [0.2, 0.25) is 0 Å². The monoisotopic (exact) mass is 280 g/mol. The summed E-state index contributed by atoms with van der Waals surface area (Å²) >= 11 is 0. The zero-order valence-electron chi connectivity index (χ0n) is 12.6. The molecule has 2 aliphatic rings. The van der Waals surface area contributed by atoms with E-state index < -0.39 is 5.60 Å². The van der Waals surface area contributed by atoms with Crippen molar-refractivity contribution in [3.8, 4) is 0 Å². The summed E-state index contributed by atoms with van der Waals surface area (Å²) in [5, 5.41) is 0. The number of hydrogen-bond acceptors (Lipinski definition) is 3. The maximum absolute atomic E-state index is 12.4. The first kappa shape index (κ1) is 14.9. The fraction of sp³-hybridized carbons (Fsp3) is 0.733. The highest BCUT2D eigenvalue weighted by Crippen LogP contribution is 2.30. The van der Waals surface area contributed by atoms with Crippen LogP contribution in [-0.2, 0) is 9.53 Å². The van der Waals surface area contributed by atoms with Crippen molar-refractivity contribution in [3.63, 3.8) is 0 Å². The maximum atomic E-state index is 12.4. The minimum Gasteiger partial charge on any atom is -0.444 e. The first-order valence-electron chi connectivity index (χ1n) is 7.24. The zero-order chi connectivity index (χ0) is 14.9.